The summed E-state index contributed by atoms with van der Waals surface area (Å²) in [6.07, 6.45) is 3.64. The maximum absolute atomic E-state index is 11.6. The second-order valence-corrected chi connectivity index (χ2v) is 3.86. The first kappa shape index (κ1) is 8.05. The molecular formula is C9H16N2O. The summed E-state index contributed by atoms with van der Waals surface area (Å²) in [6.45, 7) is 1.97. The Morgan fingerprint density at radius 3 is 2.75 bits per heavy atom. The van der Waals surface area contributed by atoms with Gasteiger partial charge in [-0.3, -0.25) is 4.79 Å². The highest BCUT2D eigenvalue weighted by atomic mass is 16.2. The van der Waals surface area contributed by atoms with Gasteiger partial charge in [0.15, 0.2) is 0 Å². The average molecular weight is 168 g/mol. The summed E-state index contributed by atoms with van der Waals surface area (Å²) in [5.41, 5.74) is 0. The van der Waals surface area contributed by atoms with E-state index in [0.29, 0.717) is 5.91 Å². The zero-order valence-corrected chi connectivity index (χ0v) is 7.55. The van der Waals surface area contributed by atoms with Crippen molar-refractivity contribution >= 4 is 5.91 Å². The van der Waals surface area contributed by atoms with Gasteiger partial charge in [-0.2, -0.15) is 0 Å². The molecule has 1 amide bonds. The van der Waals surface area contributed by atoms with Crippen LogP contribution in [0.3, 0.4) is 0 Å². The molecular weight excluding hydrogens is 152 g/mol. The lowest BCUT2D eigenvalue weighted by atomic mass is 10.3. The number of hydrogen-bond donors (Lipinski definition) is 1. The van der Waals surface area contributed by atoms with Crippen LogP contribution in [0.15, 0.2) is 0 Å². The van der Waals surface area contributed by atoms with Crippen molar-refractivity contribution in [2.24, 2.45) is 5.92 Å². The number of nitrogens with zero attached hydrogens (tertiary/aromatic N) is 1. The van der Waals surface area contributed by atoms with Crippen molar-refractivity contribution in [3.63, 3.8) is 0 Å². The molecule has 1 saturated heterocycles. The minimum Gasteiger partial charge on any atom is -0.341 e. The Hall–Kier alpha value is -0.570. The molecule has 3 nitrogen and oxygen atoms in total. The first-order chi connectivity index (χ1) is 5.81. The highest BCUT2D eigenvalue weighted by molar-refractivity contribution is 5.83. The lowest BCUT2D eigenvalue weighted by Gasteiger charge is -2.15. The molecule has 2 rings (SSSR count). The molecule has 0 aromatic carbocycles. The zero-order valence-electron chi connectivity index (χ0n) is 7.55. The summed E-state index contributed by atoms with van der Waals surface area (Å²) in [6, 6.07) is 0.101. The summed E-state index contributed by atoms with van der Waals surface area (Å²) in [7, 11) is 1.86. The molecule has 0 bridgehead atoms. The normalized spacial score (nSPS) is 29.9. The van der Waals surface area contributed by atoms with E-state index >= 15 is 0 Å². The number of carbonyl (C=O) groups excluding carboxylic acids is 1. The molecule has 3 heteroatoms. The van der Waals surface area contributed by atoms with Crippen LogP contribution in [0.5, 0.6) is 0 Å². The van der Waals surface area contributed by atoms with Crippen LogP contribution in [0.25, 0.3) is 0 Å². The molecule has 1 saturated carbocycles. The van der Waals surface area contributed by atoms with Gasteiger partial charge in [0.1, 0.15) is 0 Å². The van der Waals surface area contributed by atoms with Crippen molar-refractivity contribution in [1.29, 1.82) is 0 Å². The molecule has 2 aliphatic rings. The van der Waals surface area contributed by atoms with Crippen LogP contribution < -0.4 is 5.32 Å². The van der Waals surface area contributed by atoms with Crippen molar-refractivity contribution in [2.75, 3.05) is 20.1 Å². The van der Waals surface area contributed by atoms with Crippen LogP contribution in [-0.2, 0) is 4.79 Å². The van der Waals surface area contributed by atoms with E-state index in [0.717, 1.165) is 25.4 Å². The van der Waals surface area contributed by atoms with Gasteiger partial charge in [-0.25, -0.2) is 0 Å². The van der Waals surface area contributed by atoms with Crippen LogP contribution in [0.1, 0.15) is 19.3 Å². The minimum atomic E-state index is 0.101. The van der Waals surface area contributed by atoms with E-state index in [2.05, 4.69) is 5.32 Å². The van der Waals surface area contributed by atoms with E-state index in [1.165, 1.54) is 12.8 Å². The molecule has 2 fully saturated rings. The van der Waals surface area contributed by atoms with E-state index in [1.807, 2.05) is 11.9 Å². The Morgan fingerprint density at radius 2 is 2.25 bits per heavy atom. The molecule has 1 atom stereocenters. The van der Waals surface area contributed by atoms with Crippen LogP contribution in [0.4, 0.5) is 0 Å². The number of likely N-dealkylation sites (N-methyl/N-ethyl adjacent to an activating group) is 1. The molecule has 0 spiro atoms. The van der Waals surface area contributed by atoms with Crippen LogP contribution >= 0.6 is 0 Å². The van der Waals surface area contributed by atoms with Gasteiger partial charge in [0.05, 0.1) is 6.04 Å². The monoisotopic (exact) mass is 168 g/mol. The highest BCUT2D eigenvalue weighted by Crippen LogP contribution is 2.30. The largest absolute Gasteiger partial charge is 0.341 e. The lowest BCUT2D eigenvalue weighted by Crippen LogP contribution is -2.37. The fourth-order valence-corrected chi connectivity index (χ4v) is 1.80. The molecule has 12 heavy (non-hydrogen) atoms. The predicted molar refractivity (Wildman–Crippen MR) is 46.8 cm³/mol. The number of nitrogens with one attached hydrogen (secondary N) is 1. The first-order valence-corrected chi connectivity index (χ1v) is 4.77. The lowest BCUT2D eigenvalue weighted by molar-refractivity contribution is -0.129. The summed E-state index contributed by atoms with van der Waals surface area (Å²) in [5.74, 6) is 1.13. The number of carbonyl (C=O) groups is 1. The molecule has 1 N–H and O–H groups in total. The van der Waals surface area contributed by atoms with Gasteiger partial charge in [0, 0.05) is 13.1 Å². The van der Waals surface area contributed by atoms with Crippen LogP contribution in [0.2, 0.25) is 0 Å². The second-order valence-electron chi connectivity index (χ2n) is 3.86. The molecule has 68 valence electrons. The highest BCUT2D eigenvalue weighted by Gasteiger charge is 2.34. The maximum Gasteiger partial charge on any atom is 0.239 e. The Kier molecular flexibility index (Phi) is 2.05. The third-order valence-electron chi connectivity index (χ3n) is 2.82. The van der Waals surface area contributed by atoms with Gasteiger partial charge >= 0.3 is 0 Å². The molecule has 0 radical (unpaired) electrons. The van der Waals surface area contributed by atoms with Gasteiger partial charge in [0.25, 0.3) is 0 Å². The topological polar surface area (TPSA) is 32.3 Å². The third kappa shape index (κ3) is 1.46. The number of likely N-dealkylation sites (tertiary alicyclic amines) is 1. The van der Waals surface area contributed by atoms with Gasteiger partial charge in [0.2, 0.25) is 5.91 Å². The molecule has 1 unspecified atom stereocenters. The third-order valence-corrected chi connectivity index (χ3v) is 2.82. The quantitative estimate of drug-likeness (QED) is 0.653. The van der Waals surface area contributed by atoms with Gasteiger partial charge < -0.3 is 10.2 Å². The van der Waals surface area contributed by atoms with Gasteiger partial charge in [-0.1, -0.05) is 0 Å². The fourth-order valence-electron chi connectivity index (χ4n) is 1.80. The summed E-state index contributed by atoms with van der Waals surface area (Å²) in [5, 5.41) is 3.05. The van der Waals surface area contributed by atoms with Crippen molar-refractivity contribution in [1.82, 2.24) is 10.2 Å². The predicted octanol–water partition coefficient (Wildman–Crippen LogP) is 0.217. The Balaban J connectivity index is 1.86. The second kappa shape index (κ2) is 3.05. The molecule has 1 aliphatic heterocycles. The molecule has 1 aliphatic carbocycles. The number of amides is 1. The summed E-state index contributed by atoms with van der Waals surface area (Å²) < 4.78 is 0. The Morgan fingerprint density at radius 1 is 1.50 bits per heavy atom. The fraction of sp³-hybridized carbons (Fsp3) is 0.889. The Bertz CT molecular complexity index is 189. The van der Waals surface area contributed by atoms with Crippen molar-refractivity contribution in [2.45, 2.75) is 25.3 Å². The first-order valence-electron chi connectivity index (χ1n) is 4.77. The minimum absolute atomic E-state index is 0.101. The zero-order chi connectivity index (χ0) is 8.55. The van der Waals surface area contributed by atoms with E-state index in [1.54, 1.807) is 0 Å². The molecule has 1 heterocycles. The van der Waals surface area contributed by atoms with Crippen molar-refractivity contribution < 1.29 is 4.79 Å². The van der Waals surface area contributed by atoms with Crippen LogP contribution in [-0.4, -0.2) is 37.0 Å². The Labute approximate surface area is 73.1 Å². The van der Waals surface area contributed by atoms with E-state index in [9.17, 15) is 4.79 Å². The molecule has 0 aromatic heterocycles. The smallest absolute Gasteiger partial charge is 0.239 e. The van der Waals surface area contributed by atoms with Crippen molar-refractivity contribution in [3.05, 3.63) is 0 Å². The molecule has 0 aromatic rings. The standard InChI is InChI=1S/C9H16N2O/c1-10-8-4-5-11(9(8)12)6-7-2-3-7/h7-8,10H,2-6H2,1H3. The van der Waals surface area contributed by atoms with Gasteiger partial charge in [-0.05, 0) is 32.2 Å². The summed E-state index contributed by atoms with van der Waals surface area (Å²) in [4.78, 5) is 13.6. The van der Waals surface area contributed by atoms with E-state index < -0.39 is 0 Å². The van der Waals surface area contributed by atoms with Crippen molar-refractivity contribution in [3.8, 4) is 0 Å². The SMILES string of the molecule is CNC1CCN(CC2CC2)C1=O. The summed E-state index contributed by atoms with van der Waals surface area (Å²) >= 11 is 0. The van der Waals surface area contributed by atoms with E-state index in [4.69, 9.17) is 0 Å². The van der Waals surface area contributed by atoms with E-state index in [-0.39, 0.29) is 6.04 Å². The van der Waals surface area contributed by atoms with Gasteiger partial charge in [-0.15, -0.1) is 0 Å². The number of rotatable bonds is 3. The van der Waals surface area contributed by atoms with Crippen LogP contribution in [0, 0.1) is 5.92 Å². The number of hydrogen-bond acceptors (Lipinski definition) is 2. The maximum atomic E-state index is 11.6. The average Bonchev–Trinajstić information content (AvgIpc) is 2.80.